The first-order valence-corrected chi connectivity index (χ1v) is 6.04. The van der Waals surface area contributed by atoms with Crippen LogP contribution in [-0.2, 0) is 13.1 Å². The van der Waals surface area contributed by atoms with Gasteiger partial charge >= 0.3 is 6.36 Å². The molecule has 6 nitrogen and oxygen atoms in total. The topological polar surface area (TPSA) is 75.2 Å². The molecule has 0 aliphatic carbocycles. The molecule has 21 heavy (non-hydrogen) atoms. The molecule has 0 amide bonds. The second-order valence-corrected chi connectivity index (χ2v) is 4.02. The van der Waals surface area contributed by atoms with Gasteiger partial charge < -0.3 is 15.2 Å². The lowest BCUT2D eigenvalue weighted by Gasteiger charge is -2.13. The van der Waals surface area contributed by atoms with Gasteiger partial charge in [-0.2, -0.15) is 0 Å². The first kappa shape index (κ1) is 15.1. The number of halogens is 3. The van der Waals surface area contributed by atoms with Crippen molar-refractivity contribution in [2.45, 2.75) is 19.5 Å². The third-order valence-corrected chi connectivity index (χ3v) is 2.45. The van der Waals surface area contributed by atoms with E-state index in [-0.39, 0.29) is 24.7 Å². The number of nitrogens with zero attached hydrogens (tertiary/aromatic N) is 3. The van der Waals surface area contributed by atoms with Crippen LogP contribution in [0.25, 0.3) is 0 Å². The molecule has 114 valence electrons. The number of aromatic nitrogens is 3. The average Bonchev–Trinajstić information content (AvgIpc) is 2.87. The number of hydrogen-bond donors (Lipinski definition) is 1. The predicted molar refractivity (Wildman–Crippen MR) is 66.5 cm³/mol. The number of nitrogens with two attached hydrogens (primary N) is 1. The van der Waals surface area contributed by atoms with Gasteiger partial charge in [0.1, 0.15) is 6.61 Å². The fourth-order valence-corrected chi connectivity index (χ4v) is 1.57. The monoisotopic (exact) mass is 302 g/mol. The Balaban J connectivity index is 1.93. The molecule has 2 aromatic rings. The fraction of sp³-hybridized carbons (Fsp3) is 0.333. The Labute approximate surface area is 118 Å². The number of para-hydroxylation sites is 2. The number of hydrogen-bond acceptors (Lipinski definition) is 5. The van der Waals surface area contributed by atoms with Gasteiger partial charge in [-0.1, -0.05) is 17.3 Å². The van der Waals surface area contributed by atoms with Crippen molar-refractivity contribution in [3.8, 4) is 11.5 Å². The van der Waals surface area contributed by atoms with E-state index < -0.39 is 6.36 Å². The molecule has 0 bridgehead atoms. The van der Waals surface area contributed by atoms with Gasteiger partial charge in [0.15, 0.2) is 11.5 Å². The molecule has 9 heteroatoms. The first-order chi connectivity index (χ1) is 9.98. The van der Waals surface area contributed by atoms with E-state index in [0.717, 1.165) is 0 Å². The third kappa shape index (κ3) is 4.63. The Hall–Kier alpha value is -2.29. The zero-order chi connectivity index (χ0) is 15.3. The molecule has 1 heterocycles. The maximum atomic E-state index is 12.2. The van der Waals surface area contributed by atoms with E-state index in [1.165, 1.54) is 22.9 Å². The molecule has 0 spiro atoms. The number of rotatable bonds is 6. The summed E-state index contributed by atoms with van der Waals surface area (Å²) in [5, 5.41) is 7.58. The Kier molecular flexibility index (Phi) is 4.63. The number of benzene rings is 1. The molecule has 1 aromatic heterocycles. The Morgan fingerprint density at radius 2 is 1.90 bits per heavy atom. The Morgan fingerprint density at radius 1 is 1.19 bits per heavy atom. The minimum absolute atomic E-state index is 0.00832. The van der Waals surface area contributed by atoms with E-state index in [2.05, 4.69) is 15.0 Å². The Bertz CT molecular complexity index is 586. The second kappa shape index (κ2) is 6.44. The highest BCUT2D eigenvalue weighted by atomic mass is 19.4. The summed E-state index contributed by atoms with van der Waals surface area (Å²) < 4.78 is 47.4. The van der Waals surface area contributed by atoms with Crippen LogP contribution in [0.3, 0.4) is 0 Å². The lowest BCUT2D eigenvalue weighted by atomic mass is 10.3. The molecule has 0 radical (unpaired) electrons. The summed E-state index contributed by atoms with van der Waals surface area (Å²) in [4.78, 5) is 0. The largest absolute Gasteiger partial charge is 0.573 e. The van der Waals surface area contributed by atoms with Crippen molar-refractivity contribution < 1.29 is 22.6 Å². The van der Waals surface area contributed by atoms with E-state index in [1.807, 2.05) is 0 Å². The zero-order valence-corrected chi connectivity index (χ0v) is 10.9. The summed E-state index contributed by atoms with van der Waals surface area (Å²) in [6, 6.07) is 5.57. The van der Waals surface area contributed by atoms with Crippen LogP contribution in [0.4, 0.5) is 13.2 Å². The van der Waals surface area contributed by atoms with Crippen LogP contribution in [0, 0.1) is 0 Å². The van der Waals surface area contributed by atoms with E-state index in [1.54, 1.807) is 12.3 Å². The first-order valence-electron chi connectivity index (χ1n) is 6.04. The van der Waals surface area contributed by atoms with Gasteiger partial charge in [-0.25, -0.2) is 4.68 Å². The van der Waals surface area contributed by atoms with Gasteiger partial charge in [0.05, 0.1) is 12.2 Å². The summed E-state index contributed by atoms with van der Waals surface area (Å²) in [6.07, 6.45) is -3.12. The maximum absolute atomic E-state index is 12.2. The molecular formula is C12H13F3N4O2. The molecule has 0 aliphatic heterocycles. The standard InChI is InChI=1S/C12H13F3N4O2/c13-12(14,15)21-11-4-2-1-3-10(11)20-6-5-19-8-9(7-16)17-18-19/h1-4,8H,5-7,16H2. The van der Waals surface area contributed by atoms with Crippen LogP contribution in [0.5, 0.6) is 11.5 Å². The molecule has 0 fully saturated rings. The third-order valence-electron chi connectivity index (χ3n) is 2.45. The van der Waals surface area contributed by atoms with Crippen LogP contribution >= 0.6 is 0 Å². The van der Waals surface area contributed by atoms with Crippen LogP contribution in [0.1, 0.15) is 5.69 Å². The van der Waals surface area contributed by atoms with Crippen LogP contribution in [-0.4, -0.2) is 28.0 Å². The van der Waals surface area contributed by atoms with Gasteiger partial charge in [0, 0.05) is 12.7 Å². The highest BCUT2D eigenvalue weighted by Crippen LogP contribution is 2.31. The minimum atomic E-state index is -4.76. The summed E-state index contributed by atoms with van der Waals surface area (Å²) in [5.41, 5.74) is 6.01. The minimum Gasteiger partial charge on any atom is -0.488 e. The molecule has 0 atom stereocenters. The molecule has 0 saturated carbocycles. The maximum Gasteiger partial charge on any atom is 0.573 e. The van der Waals surface area contributed by atoms with Crippen molar-refractivity contribution in [3.63, 3.8) is 0 Å². The predicted octanol–water partition coefficient (Wildman–Crippen LogP) is 1.71. The molecular weight excluding hydrogens is 289 g/mol. The van der Waals surface area contributed by atoms with Crippen molar-refractivity contribution in [2.75, 3.05) is 6.61 Å². The van der Waals surface area contributed by atoms with Crippen molar-refractivity contribution in [3.05, 3.63) is 36.2 Å². The normalized spacial score (nSPS) is 11.4. The number of ether oxygens (including phenoxy) is 2. The highest BCUT2D eigenvalue weighted by Gasteiger charge is 2.32. The van der Waals surface area contributed by atoms with E-state index >= 15 is 0 Å². The summed E-state index contributed by atoms with van der Waals surface area (Å²) >= 11 is 0. The fourth-order valence-electron chi connectivity index (χ4n) is 1.57. The van der Waals surface area contributed by atoms with Crippen molar-refractivity contribution in [2.24, 2.45) is 5.73 Å². The van der Waals surface area contributed by atoms with Gasteiger partial charge in [-0.05, 0) is 12.1 Å². The van der Waals surface area contributed by atoms with Crippen LogP contribution in [0.15, 0.2) is 30.5 Å². The van der Waals surface area contributed by atoms with E-state index in [9.17, 15) is 13.2 Å². The van der Waals surface area contributed by atoms with Crippen molar-refractivity contribution in [1.29, 1.82) is 0 Å². The molecule has 2 N–H and O–H groups in total. The summed E-state index contributed by atoms with van der Waals surface area (Å²) in [7, 11) is 0. The SMILES string of the molecule is NCc1cn(CCOc2ccccc2OC(F)(F)F)nn1. The van der Waals surface area contributed by atoms with E-state index in [4.69, 9.17) is 10.5 Å². The lowest BCUT2D eigenvalue weighted by Crippen LogP contribution is -2.18. The highest BCUT2D eigenvalue weighted by molar-refractivity contribution is 5.39. The lowest BCUT2D eigenvalue weighted by molar-refractivity contribution is -0.275. The van der Waals surface area contributed by atoms with Gasteiger partial charge in [-0.15, -0.1) is 18.3 Å². The van der Waals surface area contributed by atoms with Crippen molar-refractivity contribution in [1.82, 2.24) is 15.0 Å². The molecule has 0 saturated heterocycles. The molecule has 1 aromatic carbocycles. The van der Waals surface area contributed by atoms with Crippen LogP contribution < -0.4 is 15.2 Å². The summed E-state index contributed by atoms with van der Waals surface area (Å²) in [6.45, 7) is 0.710. The molecule has 0 aliphatic rings. The van der Waals surface area contributed by atoms with Crippen molar-refractivity contribution >= 4 is 0 Å². The number of alkyl halides is 3. The smallest absolute Gasteiger partial charge is 0.488 e. The van der Waals surface area contributed by atoms with E-state index in [0.29, 0.717) is 12.2 Å². The van der Waals surface area contributed by atoms with Crippen LogP contribution in [0.2, 0.25) is 0 Å². The van der Waals surface area contributed by atoms with Gasteiger partial charge in [0.2, 0.25) is 0 Å². The molecule has 2 rings (SSSR count). The summed E-state index contributed by atoms with van der Waals surface area (Å²) in [5.74, 6) is -0.375. The zero-order valence-electron chi connectivity index (χ0n) is 10.9. The quantitative estimate of drug-likeness (QED) is 0.879. The van der Waals surface area contributed by atoms with Gasteiger partial charge in [-0.3, -0.25) is 0 Å². The average molecular weight is 302 g/mol. The molecule has 0 unspecified atom stereocenters. The Morgan fingerprint density at radius 3 is 2.52 bits per heavy atom. The van der Waals surface area contributed by atoms with Gasteiger partial charge in [0.25, 0.3) is 0 Å². The second-order valence-electron chi connectivity index (χ2n) is 4.02.